The van der Waals surface area contributed by atoms with Crippen molar-refractivity contribution in [3.63, 3.8) is 0 Å². The standard InChI is InChI=1S/C15H19BrN2/c1-2-11-5-3-4-6-15(11)18-13-8-7-12(10-17)14(16)9-13/h7-9,11,15,18H,2-6H2,1H3. The van der Waals surface area contributed by atoms with Gasteiger partial charge < -0.3 is 5.32 Å². The molecule has 0 amide bonds. The van der Waals surface area contributed by atoms with Crippen molar-refractivity contribution in [2.75, 3.05) is 5.32 Å². The molecule has 1 aromatic rings. The minimum atomic E-state index is 0.587. The molecule has 1 aliphatic carbocycles. The van der Waals surface area contributed by atoms with Crippen LogP contribution in [0.5, 0.6) is 0 Å². The maximum absolute atomic E-state index is 8.91. The van der Waals surface area contributed by atoms with Gasteiger partial charge >= 0.3 is 0 Å². The molecule has 2 unspecified atom stereocenters. The van der Waals surface area contributed by atoms with Gasteiger partial charge in [-0.05, 0) is 52.9 Å². The molecule has 96 valence electrons. The molecular weight excluding hydrogens is 288 g/mol. The highest BCUT2D eigenvalue weighted by Crippen LogP contribution is 2.30. The Morgan fingerprint density at radius 2 is 2.17 bits per heavy atom. The zero-order chi connectivity index (χ0) is 13.0. The molecule has 0 heterocycles. The predicted molar refractivity (Wildman–Crippen MR) is 78.5 cm³/mol. The smallest absolute Gasteiger partial charge is 0.100 e. The van der Waals surface area contributed by atoms with E-state index >= 15 is 0 Å². The van der Waals surface area contributed by atoms with E-state index in [9.17, 15) is 0 Å². The van der Waals surface area contributed by atoms with E-state index in [4.69, 9.17) is 5.26 Å². The zero-order valence-electron chi connectivity index (χ0n) is 10.7. The van der Waals surface area contributed by atoms with E-state index in [-0.39, 0.29) is 0 Å². The molecule has 0 bridgehead atoms. The minimum Gasteiger partial charge on any atom is -0.382 e. The van der Waals surface area contributed by atoms with E-state index in [0.717, 1.165) is 16.1 Å². The number of nitriles is 1. The van der Waals surface area contributed by atoms with Gasteiger partial charge in [-0.1, -0.05) is 26.2 Å². The van der Waals surface area contributed by atoms with Gasteiger partial charge in [-0.15, -0.1) is 0 Å². The van der Waals surface area contributed by atoms with E-state index in [1.807, 2.05) is 18.2 Å². The predicted octanol–water partition coefficient (Wildman–Crippen LogP) is 4.70. The van der Waals surface area contributed by atoms with Crippen molar-refractivity contribution in [1.29, 1.82) is 5.26 Å². The largest absolute Gasteiger partial charge is 0.382 e. The number of anilines is 1. The molecule has 2 nitrogen and oxygen atoms in total. The van der Waals surface area contributed by atoms with Crippen LogP contribution in [-0.4, -0.2) is 6.04 Å². The Morgan fingerprint density at radius 1 is 1.39 bits per heavy atom. The second-order valence-corrected chi connectivity index (χ2v) is 5.86. The van der Waals surface area contributed by atoms with Crippen molar-refractivity contribution >= 4 is 21.6 Å². The molecule has 1 fully saturated rings. The number of rotatable bonds is 3. The first-order valence-corrected chi connectivity index (χ1v) is 7.50. The molecule has 0 aliphatic heterocycles. The molecular formula is C15H19BrN2. The highest BCUT2D eigenvalue weighted by atomic mass is 79.9. The van der Waals surface area contributed by atoms with Gasteiger partial charge in [-0.2, -0.15) is 5.26 Å². The normalized spacial score (nSPS) is 23.4. The van der Waals surface area contributed by atoms with Crippen molar-refractivity contribution < 1.29 is 0 Å². The van der Waals surface area contributed by atoms with Crippen molar-refractivity contribution in [1.82, 2.24) is 0 Å². The minimum absolute atomic E-state index is 0.587. The van der Waals surface area contributed by atoms with Gasteiger partial charge in [0.1, 0.15) is 6.07 Å². The van der Waals surface area contributed by atoms with Gasteiger partial charge in [0, 0.05) is 16.2 Å². The fourth-order valence-electron chi connectivity index (χ4n) is 2.80. The third kappa shape index (κ3) is 3.05. The van der Waals surface area contributed by atoms with Gasteiger partial charge in [0.2, 0.25) is 0 Å². The summed E-state index contributed by atoms with van der Waals surface area (Å²) in [4.78, 5) is 0. The highest BCUT2D eigenvalue weighted by Gasteiger charge is 2.23. The summed E-state index contributed by atoms with van der Waals surface area (Å²) in [7, 11) is 0. The van der Waals surface area contributed by atoms with Crippen LogP contribution in [0.15, 0.2) is 22.7 Å². The van der Waals surface area contributed by atoms with Crippen molar-refractivity contribution in [2.45, 2.75) is 45.1 Å². The van der Waals surface area contributed by atoms with Gasteiger partial charge in [0.25, 0.3) is 0 Å². The molecule has 0 radical (unpaired) electrons. The molecule has 2 rings (SSSR count). The molecule has 1 N–H and O–H groups in total. The highest BCUT2D eigenvalue weighted by molar-refractivity contribution is 9.10. The lowest BCUT2D eigenvalue weighted by atomic mass is 9.83. The molecule has 1 saturated carbocycles. The fourth-order valence-corrected chi connectivity index (χ4v) is 3.26. The van der Waals surface area contributed by atoms with Crippen LogP contribution in [0.3, 0.4) is 0 Å². The van der Waals surface area contributed by atoms with Crippen LogP contribution >= 0.6 is 15.9 Å². The number of hydrogen-bond donors (Lipinski definition) is 1. The Labute approximate surface area is 118 Å². The van der Waals surface area contributed by atoms with Crippen LogP contribution in [0, 0.1) is 17.2 Å². The average Bonchev–Trinajstić information content (AvgIpc) is 2.39. The van der Waals surface area contributed by atoms with E-state index in [1.54, 1.807) is 0 Å². The Balaban J connectivity index is 2.08. The van der Waals surface area contributed by atoms with Gasteiger partial charge in [-0.3, -0.25) is 0 Å². The molecule has 0 saturated heterocycles. The first kappa shape index (κ1) is 13.4. The van der Waals surface area contributed by atoms with Crippen LogP contribution in [-0.2, 0) is 0 Å². The van der Waals surface area contributed by atoms with Crippen molar-refractivity contribution in [3.05, 3.63) is 28.2 Å². The van der Waals surface area contributed by atoms with Gasteiger partial charge in [0.05, 0.1) is 5.56 Å². The number of benzene rings is 1. The first-order chi connectivity index (χ1) is 8.74. The van der Waals surface area contributed by atoms with Crippen LogP contribution < -0.4 is 5.32 Å². The van der Waals surface area contributed by atoms with E-state index in [2.05, 4.69) is 34.2 Å². The third-order valence-corrected chi connectivity index (χ3v) is 4.53. The van der Waals surface area contributed by atoms with Crippen LogP contribution in [0.4, 0.5) is 5.69 Å². The molecule has 0 aromatic heterocycles. The zero-order valence-corrected chi connectivity index (χ0v) is 12.3. The summed E-state index contributed by atoms with van der Waals surface area (Å²) in [5.41, 5.74) is 1.81. The van der Waals surface area contributed by atoms with Crippen molar-refractivity contribution in [2.24, 2.45) is 5.92 Å². The second-order valence-electron chi connectivity index (χ2n) is 5.01. The fraction of sp³-hybridized carbons (Fsp3) is 0.533. The van der Waals surface area contributed by atoms with E-state index in [0.29, 0.717) is 11.6 Å². The molecule has 1 aromatic carbocycles. The van der Waals surface area contributed by atoms with E-state index < -0.39 is 0 Å². The maximum Gasteiger partial charge on any atom is 0.100 e. The summed E-state index contributed by atoms with van der Waals surface area (Å²) in [5.74, 6) is 0.785. The quantitative estimate of drug-likeness (QED) is 0.878. The summed E-state index contributed by atoms with van der Waals surface area (Å²) in [6, 6.07) is 8.65. The van der Waals surface area contributed by atoms with E-state index in [1.165, 1.54) is 32.1 Å². The molecule has 2 atom stereocenters. The summed E-state index contributed by atoms with van der Waals surface area (Å²) in [5, 5.41) is 12.5. The summed E-state index contributed by atoms with van der Waals surface area (Å²) >= 11 is 3.44. The third-order valence-electron chi connectivity index (χ3n) is 3.88. The first-order valence-electron chi connectivity index (χ1n) is 6.70. The van der Waals surface area contributed by atoms with Crippen LogP contribution in [0.1, 0.15) is 44.6 Å². The Bertz CT molecular complexity index is 450. The lowest BCUT2D eigenvalue weighted by Crippen LogP contribution is -2.31. The molecule has 0 spiro atoms. The number of nitrogens with one attached hydrogen (secondary N) is 1. The molecule has 18 heavy (non-hydrogen) atoms. The lowest BCUT2D eigenvalue weighted by Gasteiger charge is -2.32. The number of halogens is 1. The number of hydrogen-bond acceptors (Lipinski definition) is 2. The van der Waals surface area contributed by atoms with Crippen LogP contribution in [0.2, 0.25) is 0 Å². The molecule has 3 heteroatoms. The maximum atomic E-state index is 8.91. The van der Waals surface area contributed by atoms with Crippen molar-refractivity contribution in [3.8, 4) is 6.07 Å². The average molecular weight is 307 g/mol. The lowest BCUT2D eigenvalue weighted by molar-refractivity contribution is 0.317. The summed E-state index contributed by atoms with van der Waals surface area (Å²) < 4.78 is 0.874. The van der Waals surface area contributed by atoms with Gasteiger partial charge in [0.15, 0.2) is 0 Å². The van der Waals surface area contributed by atoms with Crippen LogP contribution in [0.25, 0.3) is 0 Å². The van der Waals surface area contributed by atoms with Gasteiger partial charge in [-0.25, -0.2) is 0 Å². The SMILES string of the molecule is CCC1CCCCC1Nc1ccc(C#N)c(Br)c1. The number of nitrogens with zero attached hydrogens (tertiary/aromatic N) is 1. The Kier molecular flexibility index (Phi) is 4.66. The second kappa shape index (κ2) is 6.24. The Morgan fingerprint density at radius 3 is 2.83 bits per heavy atom. The molecule has 1 aliphatic rings. The summed E-state index contributed by atoms with van der Waals surface area (Å²) in [6.07, 6.45) is 6.54. The topological polar surface area (TPSA) is 35.8 Å². The Hall–Kier alpha value is -1.01. The summed E-state index contributed by atoms with van der Waals surface area (Å²) in [6.45, 7) is 2.28. The monoisotopic (exact) mass is 306 g/mol.